The summed E-state index contributed by atoms with van der Waals surface area (Å²) in [6.07, 6.45) is 3.82. The van der Waals surface area contributed by atoms with Crippen LogP contribution in [0.4, 0.5) is 0 Å². The lowest BCUT2D eigenvalue weighted by molar-refractivity contribution is 0.677. The Morgan fingerprint density at radius 1 is 1.33 bits per heavy atom. The third kappa shape index (κ3) is 1.44. The highest BCUT2D eigenvalue weighted by molar-refractivity contribution is 9.10. The third-order valence-electron chi connectivity index (χ3n) is 2.80. The van der Waals surface area contributed by atoms with E-state index in [1.807, 2.05) is 24.4 Å². The Labute approximate surface area is 95.8 Å². The van der Waals surface area contributed by atoms with E-state index >= 15 is 0 Å². The van der Waals surface area contributed by atoms with Crippen LogP contribution in [0.25, 0.3) is 10.9 Å². The first-order valence-electron chi connectivity index (χ1n) is 4.90. The van der Waals surface area contributed by atoms with E-state index in [2.05, 4.69) is 25.9 Å². The molecule has 0 unspecified atom stereocenters. The Kier molecular flexibility index (Phi) is 1.85. The van der Waals surface area contributed by atoms with Crippen LogP contribution in [0, 0.1) is 0 Å². The number of rotatable bonds is 1. The van der Waals surface area contributed by atoms with Gasteiger partial charge in [0.05, 0.1) is 11.1 Å². The summed E-state index contributed by atoms with van der Waals surface area (Å²) in [6, 6.07) is 5.96. The van der Waals surface area contributed by atoms with Gasteiger partial charge in [-0.1, -0.05) is 12.1 Å². The van der Waals surface area contributed by atoms with Gasteiger partial charge in [0.15, 0.2) is 0 Å². The van der Waals surface area contributed by atoms with Crippen LogP contribution in [0.5, 0.6) is 0 Å². The van der Waals surface area contributed by atoms with Crippen LogP contribution in [-0.4, -0.2) is 9.97 Å². The van der Waals surface area contributed by atoms with Crippen LogP contribution in [-0.2, 0) is 5.54 Å². The smallest absolute Gasteiger partial charge is 0.148 e. The summed E-state index contributed by atoms with van der Waals surface area (Å²) in [5.74, 6) is 0.766. The Bertz CT molecular complexity index is 534. The molecule has 0 amide bonds. The van der Waals surface area contributed by atoms with E-state index < -0.39 is 0 Å². The number of benzene rings is 1. The summed E-state index contributed by atoms with van der Waals surface area (Å²) in [5.41, 5.74) is 6.75. The quantitative estimate of drug-likeness (QED) is 0.860. The van der Waals surface area contributed by atoms with E-state index in [0.717, 1.165) is 34.0 Å². The van der Waals surface area contributed by atoms with E-state index in [4.69, 9.17) is 5.73 Å². The van der Waals surface area contributed by atoms with Crippen molar-refractivity contribution >= 4 is 26.8 Å². The lowest BCUT2D eigenvalue weighted by Gasteiger charge is -2.08. The van der Waals surface area contributed by atoms with Crippen LogP contribution in [0.2, 0.25) is 0 Å². The lowest BCUT2D eigenvalue weighted by Crippen LogP contribution is -2.21. The minimum absolute atomic E-state index is 0.260. The maximum absolute atomic E-state index is 6.07. The molecule has 76 valence electrons. The van der Waals surface area contributed by atoms with Crippen LogP contribution in [0.15, 0.2) is 28.9 Å². The van der Waals surface area contributed by atoms with Crippen molar-refractivity contribution in [3.8, 4) is 0 Å². The molecule has 0 atom stereocenters. The molecule has 3 nitrogen and oxygen atoms in total. The number of fused-ring (bicyclic) bond motifs is 1. The highest BCUT2D eigenvalue weighted by Crippen LogP contribution is 2.41. The average Bonchev–Trinajstić information content (AvgIpc) is 2.98. The van der Waals surface area contributed by atoms with Gasteiger partial charge in [-0.15, -0.1) is 0 Å². The molecule has 0 spiro atoms. The fourth-order valence-electron chi connectivity index (χ4n) is 1.62. The van der Waals surface area contributed by atoms with Gasteiger partial charge in [0.25, 0.3) is 0 Å². The van der Waals surface area contributed by atoms with Crippen molar-refractivity contribution in [2.45, 2.75) is 18.4 Å². The Morgan fingerprint density at radius 2 is 2.13 bits per heavy atom. The zero-order valence-electron chi connectivity index (χ0n) is 8.07. The molecule has 1 aromatic carbocycles. The largest absolute Gasteiger partial charge is 0.319 e. The average molecular weight is 264 g/mol. The third-order valence-corrected chi connectivity index (χ3v) is 3.44. The second kappa shape index (κ2) is 3.00. The number of hydrogen-bond acceptors (Lipinski definition) is 3. The molecule has 0 saturated heterocycles. The second-order valence-corrected chi connectivity index (χ2v) is 4.88. The highest BCUT2D eigenvalue weighted by Gasteiger charge is 2.43. The molecule has 1 aliphatic rings. The zero-order chi connectivity index (χ0) is 10.5. The van der Waals surface area contributed by atoms with Crippen molar-refractivity contribution in [3.05, 3.63) is 34.7 Å². The molecule has 1 saturated carbocycles. The normalized spacial score (nSPS) is 18.0. The van der Waals surface area contributed by atoms with Crippen LogP contribution >= 0.6 is 15.9 Å². The minimum atomic E-state index is -0.260. The predicted molar refractivity (Wildman–Crippen MR) is 62.3 cm³/mol. The van der Waals surface area contributed by atoms with E-state index in [0.29, 0.717) is 0 Å². The molecule has 1 aromatic heterocycles. The first-order chi connectivity index (χ1) is 7.19. The minimum Gasteiger partial charge on any atom is -0.319 e. The van der Waals surface area contributed by atoms with Crippen molar-refractivity contribution in [1.29, 1.82) is 0 Å². The molecule has 4 heteroatoms. The van der Waals surface area contributed by atoms with Gasteiger partial charge in [-0.05, 0) is 34.8 Å². The Balaban J connectivity index is 2.25. The van der Waals surface area contributed by atoms with Crippen LogP contribution < -0.4 is 5.73 Å². The molecule has 15 heavy (non-hydrogen) atoms. The van der Waals surface area contributed by atoms with Gasteiger partial charge in [-0.3, -0.25) is 0 Å². The fraction of sp³-hybridized carbons (Fsp3) is 0.273. The molecule has 0 radical (unpaired) electrons. The first-order valence-corrected chi connectivity index (χ1v) is 5.69. The summed E-state index contributed by atoms with van der Waals surface area (Å²) in [4.78, 5) is 8.85. The number of aromatic nitrogens is 2. The summed E-state index contributed by atoms with van der Waals surface area (Å²) < 4.78 is 0.993. The van der Waals surface area contributed by atoms with E-state index in [1.54, 1.807) is 0 Å². The molecule has 2 aromatic rings. The van der Waals surface area contributed by atoms with E-state index in [1.165, 1.54) is 0 Å². The summed E-state index contributed by atoms with van der Waals surface area (Å²) >= 11 is 3.49. The number of nitrogens with two attached hydrogens (primary N) is 1. The van der Waals surface area contributed by atoms with Gasteiger partial charge < -0.3 is 5.73 Å². The maximum atomic E-state index is 6.07. The van der Waals surface area contributed by atoms with Gasteiger partial charge >= 0.3 is 0 Å². The fourth-order valence-corrected chi connectivity index (χ4v) is 2.09. The molecule has 1 aliphatic carbocycles. The standard InChI is InChI=1S/C11H10BrN3/c12-8-3-1-2-7-6-14-10(15-9(7)8)11(13)4-5-11/h1-3,6H,4-5,13H2. The van der Waals surface area contributed by atoms with E-state index in [-0.39, 0.29) is 5.54 Å². The molecule has 1 fully saturated rings. The SMILES string of the molecule is NC1(c2ncc3cccc(Br)c3n2)CC1. The monoisotopic (exact) mass is 263 g/mol. The maximum Gasteiger partial charge on any atom is 0.148 e. The predicted octanol–water partition coefficient (Wildman–Crippen LogP) is 2.34. The van der Waals surface area contributed by atoms with Gasteiger partial charge in [-0.2, -0.15) is 0 Å². The van der Waals surface area contributed by atoms with Crippen LogP contribution in [0.1, 0.15) is 18.7 Å². The van der Waals surface area contributed by atoms with Crippen molar-refractivity contribution in [1.82, 2.24) is 9.97 Å². The first kappa shape index (κ1) is 9.24. The van der Waals surface area contributed by atoms with Crippen molar-refractivity contribution in [2.75, 3.05) is 0 Å². The summed E-state index contributed by atoms with van der Waals surface area (Å²) in [5, 5.41) is 1.04. The van der Waals surface area contributed by atoms with Crippen molar-refractivity contribution < 1.29 is 0 Å². The van der Waals surface area contributed by atoms with Crippen molar-refractivity contribution in [3.63, 3.8) is 0 Å². The molecule has 3 rings (SSSR count). The molecular formula is C11H10BrN3. The van der Waals surface area contributed by atoms with Gasteiger partial charge in [-0.25, -0.2) is 9.97 Å². The van der Waals surface area contributed by atoms with Gasteiger partial charge in [0.2, 0.25) is 0 Å². The van der Waals surface area contributed by atoms with E-state index in [9.17, 15) is 0 Å². The van der Waals surface area contributed by atoms with Crippen LogP contribution in [0.3, 0.4) is 0 Å². The second-order valence-electron chi connectivity index (χ2n) is 4.03. The lowest BCUT2D eigenvalue weighted by atomic mass is 10.2. The zero-order valence-corrected chi connectivity index (χ0v) is 9.66. The molecule has 0 aliphatic heterocycles. The van der Waals surface area contributed by atoms with Crippen molar-refractivity contribution in [2.24, 2.45) is 5.73 Å². The number of halogens is 1. The van der Waals surface area contributed by atoms with Gasteiger partial charge in [0.1, 0.15) is 5.82 Å². The highest BCUT2D eigenvalue weighted by atomic mass is 79.9. The Hall–Kier alpha value is -1.00. The molecule has 1 heterocycles. The van der Waals surface area contributed by atoms with Gasteiger partial charge in [0, 0.05) is 16.1 Å². The molecule has 0 bridgehead atoms. The summed E-state index contributed by atoms with van der Waals surface area (Å²) in [7, 11) is 0. The summed E-state index contributed by atoms with van der Waals surface area (Å²) in [6.45, 7) is 0. The number of hydrogen-bond donors (Lipinski definition) is 1. The number of para-hydroxylation sites is 1. The molecular weight excluding hydrogens is 254 g/mol. The number of nitrogens with zero attached hydrogens (tertiary/aromatic N) is 2. The molecule has 2 N–H and O–H groups in total. The topological polar surface area (TPSA) is 51.8 Å². The Morgan fingerprint density at radius 3 is 2.87 bits per heavy atom.